The van der Waals surface area contributed by atoms with E-state index < -0.39 is 0 Å². The molecule has 1 amide bonds. The predicted octanol–water partition coefficient (Wildman–Crippen LogP) is 0.832. The number of likely N-dealkylation sites (tertiary alicyclic amines) is 1. The molecule has 2 aromatic rings. The summed E-state index contributed by atoms with van der Waals surface area (Å²) in [5.41, 5.74) is 1.15. The fourth-order valence-electron chi connectivity index (χ4n) is 2.89. The first-order valence-electron chi connectivity index (χ1n) is 7.39. The van der Waals surface area contributed by atoms with Gasteiger partial charge in [-0.25, -0.2) is 4.98 Å². The van der Waals surface area contributed by atoms with E-state index in [-0.39, 0.29) is 17.4 Å². The van der Waals surface area contributed by atoms with Crippen molar-refractivity contribution in [1.29, 1.82) is 0 Å². The highest BCUT2D eigenvalue weighted by Gasteiger charge is 2.27. The lowest BCUT2D eigenvalue weighted by molar-refractivity contribution is 0.0704. The molecule has 0 aromatic carbocycles. The van der Waals surface area contributed by atoms with Crippen LogP contribution in [0.15, 0.2) is 23.3 Å². The van der Waals surface area contributed by atoms with Crippen molar-refractivity contribution in [2.75, 3.05) is 13.1 Å². The summed E-state index contributed by atoms with van der Waals surface area (Å²) in [6.07, 6.45) is 5.12. The lowest BCUT2D eigenvalue weighted by Gasteiger charge is -2.32. The number of carbonyl (C=O) groups is 1. The topological polar surface area (TPSA) is 83.9 Å². The van der Waals surface area contributed by atoms with Crippen LogP contribution in [-0.2, 0) is 7.05 Å². The smallest absolute Gasteiger partial charge is 0.257 e. The summed E-state index contributed by atoms with van der Waals surface area (Å²) in [6, 6.07) is 1.48. The molecule has 1 aliphatic heterocycles. The van der Waals surface area contributed by atoms with E-state index >= 15 is 0 Å². The third-order valence-corrected chi connectivity index (χ3v) is 3.94. The van der Waals surface area contributed by atoms with Gasteiger partial charge in [-0.1, -0.05) is 0 Å². The summed E-state index contributed by atoms with van der Waals surface area (Å²) in [5, 5.41) is 4.04. The maximum absolute atomic E-state index is 12.5. The summed E-state index contributed by atoms with van der Waals surface area (Å²) < 4.78 is 1.62. The minimum absolute atomic E-state index is 0.0206. The number of carbonyl (C=O) groups excluding carboxylic acids is 1. The molecule has 1 fully saturated rings. The SMILES string of the molecule is Cc1cc(=O)[nH]c(C2CCCN(C(=O)c3cnn(C)c3)C2)n1. The molecule has 1 aliphatic rings. The van der Waals surface area contributed by atoms with E-state index in [1.54, 1.807) is 31.0 Å². The first-order valence-corrected chi connectivity index (χ1v) is 7.39. The van der Waals surface area contributed by atoms with Gasteiger partial charge in [0.15, 0.2) is 0 Å². The van der Waals surface area contributed by atoms with E-state index in [2.05, 4.69) is 15.1 Å². The highest BCUT2D eigenvalue weighted by atomic mass is 16.2. The molecule has 1 unspecified atom stereocenters. The van der Waals surface area contributed by atoms with Crippen LogP contribution in [0.4, 0.5) is 0 Å². The molecule has 7 nitrogen and oxygen atoms in total. The van der Waals surface area contributed by atoms with E-state index in [1.165, 1.54) is 6.07 Å². The Bertz CT molecular complexity index is 748. The van der Waals surface area contributed by atoms with Crippen LogP contribution < -0.4 is 5.56 Å². The van der Waals surface area contributed by atoms with Crippen molar-refractivity contribution in [3.63, 3.8) is 0 Å². The maximum atomic E-state index is 12.5. The number of hydrogen-bond donors (Lipinski definition) is 1. The Hall–Kier alpha value is -2.44. The number of hydrogen-bond acceptors (Lipinski definition) is 4. The summed E-state index contributed by atoms with van der Waals surface area (Å²) >= 11 is 0. The molecule has 0 saturated carbocycles. The molecule has 1 atom stereocenters. The monoisotopic (exact) mass is 301 g/mol. The number of rotatable bonds is 2. The van der Waals surface area contributed by atoms with Crippen LogP contribution in [0.3, 0.4) is 0 Å². The van der Waals surface area contributed by atoms with Gasteiger partial charge in [-0.15, -0.1) is 0 Å². The first-order chi connectivity index (χ1) is 10.5. The van der Waals surface area contributed by atoms with E-state index in [0.717, 1.165) is 19.4 Å². The molecular weight excluding hydrogens is 282 g/mol. The van der Waals surface area contributed by atoms with Gasteiger partial charge in [-0.05, 0) is 19.8 Å². The standard InChI is InChI=1S/C15H19N5O2/c1-10-6-13(21)18-14(17-10)11-4-3-5-20(9-11)15(22)12-7-16-19(2)8-12/h6-8,11H,3-5,9H2,1-2H3,(H,17,18,21). The average Bonchev–Trinajstić information content (AvgIpc) is 2.92. The molecule has 22 heavy (non-hydrogen) atoms. The largest absolute Gasteiger partial charge is 0.338 e. The van der Waals surface area contributed by atoms with Gasteiger partial charge >= 0.3 is 0 Å². The van der Waals surface area contributed by atoms with Gasteiger partial charge in [0.25, 0.3) is 11.5 Å². The Morgan fingerprint density at radius 2 is 2.27 bits per heavy atom. The van der Waals surface area contributed by atoms with Crippen LogP contribution in [0.25, 0.3) is 0 Å². The van der Waals surface area contributed by atoms with Crippen molar-refractivity contribution in [3.05, 3.63) is 45.9 Å². The van der Waals surface area contributed by atoms with E-state index in [9.17, 15) is 9.59 Å². The quantitative estimate of drug-likeness (QED) is 0.890. The number of nitrogens with zero attached hydrogens (tertiary/aromatic N) is 4. The lowest BCUT2D eigenvalue weighted by atomic mass is 9.96. The third-order valence-electron chi connectivity index (χ3n) is 3.94. The molecule has 3 rings (SSSR count). The number of amides is 1. The summed E-state index contributed by atoms with van der Waals surface area (Å²) in [6.45, 7) is 3.10. The van der Waals surface area contributed by atoms with Gasteiger partial charge in [0.2, 0.25) is 0 Å². The number of aromatic nitrogens is 4. The number of nitrogens with one attached hydrogen (secondary N) is 1. The fraction of sp³-hybridized carbons (Fsp3) is 0.467. The zero-order valence-electron chi connectivity index (χ0n) is 12.7. The normalized spacial score (nSPS) is 18.5. The molecule has 0 bridgehead atoms. The summed E-state index contributed by atoms with van der Waals surface area (Å²) in [7, 11) is 1.79. The maximum Gasteiger partial charge on any atom is 0.257 e. The molecule has 2 aromatic heterocycles. The number of H-pyrrole nitrogens is 1. The van der Waals surface area contributed by atoms with Crippen LogP contribution in [0.2, 0.25) is 0 Å². The predicted molar refractivity (Wildman–Crippen MR) is 80.7 cm³/mol. The number of aromatic amines is 1. The van der Waals surface area contributed by atoms with Gasteiger partial charge < -0.3 is 9.88 Å². The van der Waals surface area contributed by atoms with E-state index in [1.807, 2.05) is 4.90 Å². The zero-order chi connectivity index (χ0) is 15.7. The summed E-state index contributed by atoms with van der Waals surface area (Å²) in [5.74, 6) is 0.725. The minimum Gasteiger partial charge on any atom is -0.338 e. The Balaban J connectivity index is 1.79. The highest BCUT2D eigenvalue weighted by molar-refractivity contribution is 5.93. The van der Waals surface area contributed by atoms with Crippen LogP contribution in [-0.4, -0.2) is 43.6 Å². The van der Waals surface area contributed by atoms with Gasteiger partial charge in [0.1, 0.15) is 5.82 Å². The fourth-order valence-corrected chi connectivity index (χ4v) is 2.89. The highest BCUT2D eigenvalue weighted by Crippen LogP contribution is 2.25. The number of piperidine rings is 1. The molecule has 7 heteroatoms. The molecule has 0 aliphatic carbocycles. The van der Waals surface area contributed by atoms with Crippen LogP contribution >= 0.6 is 0 Å². The Kier molecular flexibility index (Phi) is 3.79. The van der Waals surface area contributed by atoms with E-state index in [4.69, 9.17) is 0 Å². The van der Waals surface area contributed by atoms with Crippen LogP contribution in [0, 0.1) is 6.92 Å². The third kappa shape index (κ3) is 2.93. The zero-order valence-corrected chi connectivity index (χ0v) is 12.7. The molecule has 1 N–H and O–H groups in total. The van der Waals surface area contributed by atoms with Gasteiger partial charge in [0, 0.05) is 44.0 Å². The average molecular weight is 301 g/mol. The second kappa shape index (κ2) is 5.75. The Morgan fingerprint density at radius 1 is 1.45 bits per heavy atom. The minimum atomic E-state index is -0.141. The molecule has 116 valence electrons. The van der Waals surface area contributed by atoms with Crippen LogP contribution in [0.5, 0.6) is 0 Å². The second-order valence-corrected chi connectivity index (χ2v) is 5.77. The molecule has 0 radical (unpaired) electrons. The van der Waals surface area contributed by atoms with Crippen molar-refractivity contribution < 1.29 is 4.79 Å². The van der Waals surface area contributed by atoms with E-state index in [0.29, 0.717) is 23.6 Å². The molecular formula is C15H19N5O2. The van der Waals surface area contributed by atoms with Crippen molar-refractivity contribution in [2.45, 2.75) is 25.7 Å². The van der Waals surface area contributed by atoms with Gasteiger partial charge in [-0.2, -0.15) is 5.10 Å². The van der Waals surface area contributed by atoms with Gasteiger partial charge in [0.05, 0.1) is 11.8 Å². The summed E-state index contributed by atoms with van der Waals surface area (Å²) in [4.78, 5) is 33.1. The van der Waals surface area contributed by atoms with Crippen molar-refractivity contribution in [1.82, 2.24) is 24.6 Å². The first kappa shape index (κ1) is 14.5. The molecule has 0 spiro atoms. The van der Waals surface area contributed by atoms with Crippen molar-refractivity contribution in [2.24, 2.45) is 7.05 Å². The van der Waals surface area contributed by atoms with Crippen molar-refractivity contribution >= 4 is 5.91 Å². The second-order valence-electron chi connectivity index (χ2n) is 5.77. The number of aryl methyl sites for hydroxylation is 2. The molecule has 3 heterocycles. The Labute approximate surface area is 128 Å². The molecule has 1 saturated heterocycles. The Morgan fingerprint density at radius 3 is 2.95 bits per heavy atom. The lowest BCUT2D eigenvalue weighted by Crippen LogP contribution is -2.39. The van der Waals surface area contributed by atoms with Gasteiger partial charge in [-0.3, -0.25) is 14.3 Å². The van der Waals surface area contributed by atoms with Crippen LogP contribution in [0.1, 0.15) is 40.6 Å². The van der Waals surface area contributed by atoms with Crippen molar-refractivity contribution in [3.8, 4) is 0 Å².